The van der Waals surface area contributed by atoms with Crippen LogP contribution in [0, 0.1) is 6.92 Å². The summed E-state index contributed by atoms with van der Waals surface area (Å²) in [5.41, 5.74) is -1.19. The van der Waals surface area contributed by atoms with E-state index in [9.17, 15) is 26.7 Å². The molecule has 1 fully saturated rings. The summed E-state index contributed by atoms with van der Waals surface area (Å²) >= 11 is 0. The Morgan fingerprint density at radius 1 is 1.15 bits per heavy atom. The summed E-state index contributed by atoms with van der Waals surface area (Å²) in [5, 5.41) is 2.58. The molecule has 0 bridgehead atoms. The molecule has 2 aromatic rings. The van der Waals surface area contributed by atoms with E-state index in [0.29, 0.717) is 18.5 Å². The van der Waals surface area contributed by atoms with Crippen LogP contribution in [0.2, 0.25) is 0 Å². The third-order valence-electron chi connectivity index (χ3n) is 5.81. The van der Waals surface area contributed by atoms with E-state index in [1.165, 1.54) is 43.3 Å². The van der Waals surface area contributed by atoms with Crippen LogP contribution in [0.15, 0.2) is 24.5 Å². The van der Waals surface area contributed by atoms with E-state index in [0.717, 1.165) is 0 Å². The number of halogens is 5. The molecule has 1 aliphatic carbocycles. The second kappa shape index (κ2) is 9.61. The predicted octanol–water partition coefficient (Wildman–Crippen LogP) is 6.20. The zero-order valence-corrected chi connectivity index (χ0v) is 18.8. The molecule has 1 N–H and O–H groups in total. The number of nitrogens with one attached hydrogen (secondary N) is 1. The molecule has 1 amide bonds. The van der Waals surface area contributed by atoms with Gasteiger partial charge in [0.2, 0.25) is 5.92 Å². The molecule has 0 aromatic carbocycles. The molecule has 2 heterocycles. The van der Waals surface area contributed by atoms with Crippen molar-refractivity contribution in [3.05, 3.63) is 46.9 Å². The molecule has 0 spiro atoms. The Hall–Kier alpha value is -2.78. The van der Waals surface area contributed by atoms with Gasteiger partial charge in [-0.25, -0.2) is 13.8 Å². The molecule has 5 nitrogen and oxygen atoms in total. The smallest absolute Gasteiger partial charge is 0.356 e. The van der Waals surface area contributed by atoms with E-state index >= 15 is 0 Å². The average molecular weight is 470 g/mol. The minimum absolute atomic E-state index is 0.00311. The third kappa shape index (κ3) is 5.78. The average Bonchev–Trinajstić information content (AvgIpc) is 3.58. The minimum atomic E-state index is -4.70. The lowest BCUT2D eigenvalue weighted by molar-refractivity contribution is -0.139. The summed E-state index contributed by atoms with van der Waals surface area (Å²) in [6, 6.07) is 3.01. The number of rotatable bonds is 9. The number of amides is 1. The van der Waals surface area contributed by atoms with Crippen molar-refractivity contribution >= 4 is 17.4 Å². The van der Waals surface area contributed by atoms with Crippen molar-refractivity contribution in [1.82, 2.24) is 9.97 Å². The Labute approximate surface area is 189 Å². The fourth-order valence-corrected chi connectivity index (χ4v) is 3.74. The van der Waals surface area contributed by atoms with Crippen LogP contribution in [0.3, 0.4) is 0 Å². The highest BCUT2D eigenvalue weighted by molar-refractivity contribution is 6.09. The first-order chi connectivity index (χ1) is 15.5. The van der Waals surface area contributed by atoms with E-state index in [1.54, 1.807) is 6.92 Å². The first-order valence-corrected chi connectivity index (χ1v) is 10.9. The Bertz CT molecular complexity index is 991. The van der Waals surface area contributed by atoms with Crippen molar-refractivity contribution in [2.75, 3.05) is 23.3 Å². The molecule has 0 radical (unpaired) electrons. The van der Waals surface area contributed by atoms with Crippen molar-refractivity contribution in [2.24, 2.45) is 0 Å². The molecular formula is C23H27F5N4O. The number of carbonyl (C=O) groups excluding carboxylic acids is 1. The van der Waals surface area contributed by atoms with Crippen LogP contribution >= 0.6 is 0 Å². The lowest BCUT2D eigenvalue weighted by atomic mass is 9.97. The summed E-state index contributed by atoms with van der Waals surface area (Å²) in [5.74, 6) is -4.06. The minimum Gasteiger partial charge on any atom is -0.356 e. The number of anilines is 2. The van der Waals surface area contributed by atoms with Crippen LogP contribution in [-0.2, 0) is 6.18 Å². The number of nitrogens with zero attached hydrogens (tertiary/aromatic N) is 3. The number of hydrogen-bond acceptors (Lipinski definition) is 4. The molecular weight excluding hydrogens is 443 g/mol. The maximum Gasteiger partial charge on any atom is 0.418 e. The second-order valence-corrected chi connectivity index (χ2v) is 8.20. The van der Waals surface area contributed by atoms with Crippen molar-refractivity contribution in [3.8, 4) is 0 Å². The highest BCUT2D eigenvalue weighted by Crippen LogP contribution is 2.48. The zero-order chi connectivity index (χ0) is 24.4. The summed E-state index contributed by atoms with van der Waals surface area (Å²) < 4.78 is 70.0. The monoisotopic (exact) mass is 470 g/mol. The van der Waals surface area contributed by atoms with Gasteiger partial charge in [0, 0.05) is 49.9 Å². The molecule has 33 heavy (non-hydrogen) atoms. The van der Waals surface area contributed by atoms with E-state index in [2.05, 4.69) is 15.3 Å². The van der Waals surface area contributed by atoms with Crippen LogP contribution in [0.4, 0.5) is 33.5 Å². The number of hydrogen-bond donors (Lipinski definition) is 1. The number of alkyl halides is 5. The maximum absolute atomic E-state index is 14.0. The maximum atomic E-state index is 14.0. The van der Waals surface area contributed by atoms with Gasteiger partial charge >= 0.3 is 6.18 Å². The molecule has 0 unspecified atom stereocenters. The Morgan fingerprint density at radius 2 is 1.79 bits per heavy atom. The van der Waals surface area contributed by atoms with Crippen molar-refractivity contribution in [2.45, 2.75) is 64.5 Å². The van der Waals surface area contributed by atoms with Gasteiger partial charge in [-0.2, -0.15) is 13.2 Å². The normalized spacial score (nSPS) is 14.3. The van der Waals surface area contributed by atoms with Gasteiger partial charge in [0.1, 0.15) is 5.82 Å². The standard InChI is InChI=1S/C23H27F5N4O/c1-4-22(24,25)10-13-32(5-2)20-17(21(33)30-16-8-11-29-12-9-16)14(3)18(23(26,27)28)19(31-20)15-6-7-15/h8-9,11-12,15H,4-7,10,13H2,1-3H3,(H,29,30,33). The molecule has 2 aromatic heterocycles. The third-order valence-corrected chi connectivity index (χ3v) is 5.81. The summed E-state index contributed by atoms with van der Waals surface area (Å²) in [6.07, 6.45) is -1.55. The second-order valence-electron chi connectivity index (χ2n) is 8.20. The first kappa shape index (κ1) is 24.9. The first-order valence-electron chi connectivity index (χ1n) is 10.9. The summed E-state index contributed by atoms with van der Waals surface area (Å²) in [6.45, 7) is 4.37. The number of pyridine rings is 2. The van der Waals surface area contributed by atoms with E-state index in [1.807, 2.05) is 0 Å². The topological polar surface area (TPSA) is 58.1 Å². The zero-order valence-electron chi connectivity index (χ0n) is 18.8. The number of aromatic nitrogens is 2. The van der Waals surface area contributed by atoms with Crippen molar-refractivity contribution < 1.29 is 26.7 Å². The Balaban J connectivity index is 2.13. The van der Waals surface area contributed by atoms with Gasteiger partial charge in [-0.05, 0) is 44.4 Å². The lowest BCUT2D eigenvalue weighted by Crippen LogP contribution is -2.33. The van der Waals surface area contributed by atoms with Gasteiger partial charge in [0.05, 0.1) is 16.8 Å². The van der Waals surface area contributed by atoms with Gasteiger partial charge in [-0.15, -0.1) is 0 Å². The van der Waals surface area contributed by atoms with Crippen LogP contribution in [0.1, 0.15) is 72.6 Å². The van der Waals surface area contributed by atoms with Gasteiger partial charge in [-0.3, -0.25) is 9.78 Å². The summed E-state index contributed by atoms with van der Waals surface area (Å²) in [4.78, 5) is 22.8. The van der Waals surface area contributed by atoms with Crippen LogP contribution in [-0.4, -0.2) is 34.9 Å². The highest BCUT2D eigenvalue weighted by atomic mass is 19.4. The molecule has 0 atom stereocenters. The van der Waals surface area contributed by atoms with Crippen LogP contribution in [0.25, 0.3) is 0 Å². The quantitative estimate of drug-likeness (QED) is 0.444. The highest BCUT2D eigenvalue weighted by Gasteiger charge is 2.43. The Morgan fingerprint density at radius 3 is 2.30 bits per heavy atom. The molecule has 10 heteroatoms. The summed E-state index contributed by atoms with van der Waals surface area (Å²) in [7, 11) is 0. The Kier molecular flexibility index (Phi) is 7.23. The lowest BCUT2D eigenvalue weighted by Gasteiger charge is -2.29. The molecule has 1 aliphatic rings. The number of carbonyl (C=O) groups is 1. The molecule has 0 saturated heterocycles. The van der Waals surface area contributed by atoms with E-state index in [4.69, 9.17) is 0 Å². The SMILES string of the molecule is CCN(CCC(F)(F)CC)c1nc(C2CC2)c(C(F)(F)F)c(C)c1C(=O)Nc1ccncc1. The van der Waals surface area contributed by atoms with E-state index < -0.39 is 30.0 Å². The molecule has 3 rings (SSSR count). The van der Waals surface area contributed by atoms with Crippen LogP contribution in [0.5, 0.6) is 0 Å². The van der Waals surface area contributed by atoms with Gasteiger partial charge in [0.25, 0.3) is 5.91 Å². The molecule has 1 saturated carbocycles. The van der Waals surface area contributed by atoms with Crippen molar-refractivity contribution in [3.63, 3.8) is 0 Å². The largest absolute Gasteiger partial charge is 0.418 e. The van der Waals surface area contributed by atoms with E-state index in [-0.39, 0.29) is 48.1 Å². The fourth-order valence-electron chi connectivity index (χ4n) is 3.74. The predicted molar refractivity (Wildman–Crippen MR) is 116 cm³/mol. The van der Waals surface area contributed by atoms with Crippen molar-refractivity contribution in [1.29, 1.82) is 0 Å². The van der Waals surface area contributed by atoms with Crippen LogP contribution < -0.4 is 10.2 Å². The van der Waals surface area contributed by atoms with Gasteiger partial charge in [0.15, 0.2) is 0 Å². The fraction of sp³-hybridized carbons (Fsp3) is 0.522. The molecule has 180 valence electrons. The molecule has 0 aliphatic heterocycles. The van der Waals surface area contributed by atoms with Gasteiger partial charge in [-0.1, -0.05) is 6.92 Å². The van der Waals surface area contributed by atoms with Gasteiger partial charge < -0.3 is 10.2 Å².